The number of aromatic hydroxyl groups is 2. The maximum absolute atomic E-state index is 12.9. The minimum absolute atomic E-state index is 0. The van der Waals surface area contributed by atoms with Gasteiger partial charge in [-0.1, -0.05) is 147 Å². The zero-order valence-electron chi connectivity index (χ0n) is 45.1. The standard InChI is InChI=1S/C22H18N2O6.C16H15N3O5.C7H7Cl.2C6H6.CH4.4CH3.H3N.2W/c25-9-8-14-10-17-20(27)23-18-15(21(28)24(17)11-14)6-7-16(19(18)26)22(29)30-12-13-4-2-1-3-5-13;17-12(21)4-1-8-5-11-15(23)18-13-10(16(24)19(11)6-8)3-2-9(7-20)14(13)22;8-6-7-4-2-1-3-5-7;2*1-2-4-6-5-3-1;;;;;;;;/h1-8,11,17,20,23,26-27H,10,12H2;1-4,6-7,11,15,18,22-23H,5H2,(H2,17,21);1-5H,6H2;2*1-6H;1H4;5*1H3;;/q;;;;;;4*-1;;2*+2/b;4-1+;;;;;;;;;;;/t17?,20-;11?,15-;;;;;;;;;;;/m00.........../s1. The molecule has 17 nitrogen and oxygen atoms in total. The monoisotopic (exact) mass is 1480 g/mol. The second kappa shape index (κ2) is 39.6. The first kappa shape index (κ1) is 78.5. The van der Waals surface area contributed by atoms with Crippen molar-refractivity contribution >= 4 is 58.9 Å². The largest absolute Gasteiger partial charge is 2.00 e. The molecule has 6 aromatic carbocycles. The Morgan fingerprint density at radius 2 is 1.05 bits per heavy atom. The van der Waals surface area contributed by atoms with Crippen molar-refractivity contribution < 1.29 is 96.1 Å². The summed E-state index contributed by atoms with van der Waals surface area (Å²) >= 11 is 5.53. The molecule has 0 spiro atoms. The van der Waals surface area contributed by atoms with Crippen LogP contribution in [0.25, 0.3) is 0 Å². The van der Waals surface area contributed by atoms with E-state index in [0.717, 1.165) is 5.56 Å². The van der Waals surface area contributed by atoms with Gasteiger partial charge in [-0.25, -0.2) is 9.59 Å². The fourth-order valence-electron chi connectivity index (χ4n) is 7.76. The molecule has 82 heavy (non-hydrogen) atoms. The van der Waals surface area contributed by atoms with Gasteiger partial charge in [0, 0.05) is 30.4 Å². The Morgan fingerprint density at radius 1 is 0.646 bits per heavy atom. The van der Waals surface area contributed by atoms with E-state index < -0.39 is 54.0 Å². The molecule has 4 heterocycles. The quantitative estimate of drug-likeness (QED) is 0.0134. The first-order chi connectivity index (χ1) is 35.8. The van der Waals surface area contributed by atoms with Crippen LogP contribution >= 0.6 is 11.6 Å². The number of esters is 1. The van der Waals surface area contributed by atoms with E-state index in [1.807, 2.05) is 121 Å². The Balaban J connectivity index is -0.00000107. The van der Waals surface area contributed by atoms with Crippen LogP contribution in [0.15, 0.2) is 199 Å². The van der Waals surface area contributed by atoms with Crippen molar-refractivity contribution in [2.24, 2.45) is 5.73 Å². The van der Waals surface area contributed by atoms with E-state index in [-0.39, 0.29) is 138 Å². The molecule has 434 valence electrons. The van der Waals surface area contributed by atoms with E-state index in [9.17, 15) is 49.2 Å². The molecule has 4 aliphatic heterocycles. The van der Waals surface area contributed by atoms with Crippen molar-refractivity contribution in [3.8, 4) is 11.5 Å². The number of nitrogens with two attached hydrogens (primary N) is 1. The van der Waals surface area contributed by atoms with Crippen LogP contribution in [0.5, 0.6) is 11.5 Å². The third-order valence-electron chi connectivity index (χ3n) is 11.4. The Bertz CT molecular complexity index is 2980. The summed E-state index contributed by atoms with van der Waals surface area (Å²) in [6.07, 6.45) is 5.49. The molecule has 0 radical (unpaired) electrons. The second-order valence-corrected chi connectivity index (χ2v) is 16.7. The molecule has 4 aliphatic rings. The second-order valence-electron chi connectivity index (χ2n) is 16.5. The summed E-state index contributed by atoms with van der Waals surface area (Å²) in [5.74, 6) is -0.867. The minimum Gasteiger partial charge on any atom is -0.505 e. The maximum atomic E-state index is 12.9. The van der Waals surface area contributed by atoms with Gasteiger partial charge in [-0.2, -0.15) is 0 Å². The molecule has 0 fully saturated rings. The number of carbonyl (C=O) groups is 5. The Hall–Kier alpha value is -7.71. The zero-order valence-corrected chi connectivity index (χ0v) is 51.8. The summed E-state index contributed by atoms with van der Waals surface area (Å²) in [5.41, 5.74) is 8.32. The number of nitrogens with zero attached hydrogens (tertiary/aromatic N) is 2. The average Bonchev–Trinajstić information content (AvgIpc) is 4.05. The van der Waals surface area contributed by atoms with Gasteiger partial charge in [0.2, 0.25) is 5.91 Å². The van der Waals surface area contributed by atoms with E-state index in [2.05, 4.69) is 10.6 Å². The predicted octanol–water partition coefficient (Wildman–Crippen LogP) is 10.5. The van der Waals surface area contributed by atoms with Crippen molar-refractivity contribution in [1.29, 1.82) is 0 Å². The molecule has 0 saturated carbocycles. The van der Waals surface area contributed by atoms with Gasteiger partial charge in [-0.3, -0.25) is 19.2 Å². The maximum Gasteiger partial charge on any atom is 2.00 e. The van der Waals surface area contributed by atoms with E-state index >= 15 is 0 Å². The number of halogens is 1. The number of benzene rings is 6. The molecule has 0 bridgehead atoms. The number of hydrogen-bond acceptors (Lipinski definition) is 14. The van der Waals surface area contributed by atoms with E-state index in [0.29, 0.717) is 29.7 Å². The van der Waals surface area contributed by atoms with Gasteiger partial charge in [-0.05, 0) is 59.4 Å². The number of carbonyl (C=O) groups excluding carboxylic acids is 6. The van der Waals surface area contributed by atoms with Crippen LogP contribution in [-0.2, 0) is 68.9 Å². The number of rotatable bonds is 8. The zero-order chi connectivity index (χ0) is 53.0. The molecular formula is C62H71ClN6O11W2. The van der Waals surface area contributed by atoms with Gasteiger partial charge >= 0.3 is 48.1 Å². The van der Waals surface area contributed by atoms with Crippen LogP contribution in [0.2, 0.25) is 0 Å². The Labute approximate surface area is 515 Å². The van der Waals surface area contributed by atoms with Crippen molar-refractivity contribution in [3.63, 3.8) is 0 Å². The molecule has 0 aromatic heterocycles. The van der Waals surface area contributed by atoms with E-state index in [1.165, 1.54) is 70.3 Å². The van der Waals surface area contributed by atoms with Gasteiger partial charge in [0.1, 0.15) is 36.3 Å². The smallest absolute Gasteiger partial charge is 0.505 e. The van der Waals surface area contributed by atoms with Crippen LogP contribution in [0.4, 0.5) is 11.4 Å². The number of ether oxygens (including phenoxy) is 1. The summed E-state index contributed by atoms with van der Waals surface area (Å²) in [6, 6.07) is 47.2. The van der Waals surface area contributed by atoms with Gasteiger partial charge < -0.3 is 87.2 Å². The van der Waals surface area contributed by atoms with Crippen LogP contribution in [-0.4, -0.2) is 90.7 Å². The number of phenols is 2. The van der Waals surface area contributed by atoms with E-state index in [1.54, 1.807) is 18.1 Å². The number of hydrogen-bond donors (Lipinski definition) is 8. The fraction of sp³-hybridized carbons (Fsp3) is 0.145. The third-order valence-corrected chi connectivity index (χ3v) is 11.7. The number of aldehydes is 1. The predicted molar refractivity (Wildman–Crippen MR) is 317 cm³/mol. The summed E-state index contributed by atoms with van der Waals surface area (Å²) in [6.45, 7) is 0.0266. The van der Waals surface area contributed by atoms with Crippen molar-refractivity contribution in [3.05, 3.63) is 263 Å². The van der Waals surface area contributed by atoms with Gasteiger partial charge in [0.05, 0.1) is 40.1 Å². The molecule has 0 aliphatic carbocycles. The number of allylic oxidation sites excluding steroid dienone is 2. The van der Waals surface area contributed by atoms with Crippen molar-refractivity contribution in [2.75, 3.05) is 10.6 Å². The number of aliphatic hydroxyl groups is 2. The molecule has 2 unspecified atom stereocenters. The summed E-state index contributed by atoms with van der Waals surface area (Å²) in [7, 11) is 0. The molecule has 0 saturated heterocycles. The molecule has 3 amide bonds. The number of nitrogens with one attached hydrogen (secondary N) is 2. The fourth-order valence-corrected chi connectivity index (χ4v) is 7.94. The summed E-state index contributed by atoms with van der Waals surface area (Å²) in [5, 5.41) is 47.0. The van der Waals surface area contributed by atoms with Crippen LogP contribution in [0.3, 0.4) is 0 Å². The Kier molecular flexibility index (Phi) is 38.0. The number of amides is 3. The molecule has 10 rings (SSSR count). The first-order valence-electron chi connectivity index (χ1n) is 23.0. The molecular weight excluding hydrogens is 1410 g/mol. The summed E-state index contributed by atoms with van der Waals surface area (Å²) < 4.78 is 5.25. The van der Waals surface area contributed by atoms with Gasteiger partial charge in [0.15, 0.2) is 12.0 Å². The SMILES string of the molecule is C.ClCc1ccccc1.N.NC(=O)/C=C/C1=CN2C(=O)c3ccc(C=O)c(O)c3N[C@@H](O)C2C1.O=C=CC1=CN2C(=O)c3ccc(C(=O)OCc4ccccc4)c(O)c3N[C@@H](O)C2C1.[CH3-].[CH3-].[CH3-].[CH3-].[W+2].[W+2].c1ccccc1.c1ccccc1. The first-order valence-corrected chi connectivity index (χ1v) is 23.5. The average molecular weight is 1480 g/mol. The number of phenolic OH excluding ortho intramolecular Hbond substituents is 2. The number of aliphatic hydroxyl groups excluding tert-OH is 2. The van der Waals surface area contributed by atoms with Crippen molar-refractivity contribution in [2.45, 2.75) is 57.3 Å². The molecule has 20 heteroatoms. The number of primary amides is 1. The van der Waals surface area contributed by atoms with Crippen molar-refractivity contribution in [1.82, 2.24) is 16.0 Å². The van der Waals surface area contributed by atoms with Crippen LogP contribution in [0, 0.1) is 29.7 Å². The molecule has 4 atom stereocenters. The van der Waals surface area contributed by atoms with Gasteiger partial charge in [-0.15, -0.1) is 11.6 Å². The van der Waals surface area contributed by atoms with Crippen LogP contribution < -0.4 is 22.5 Å². The molecule has 6 aromatic rings. The third kappa shape index (κ3) is 21.3. The van der Waals surface area contributed by atoms with E-state index in [4.69, 9.17) is 22.1 Å². The summed E-state index contributed by atoms with van der Waals surface area (Å²) in [4.78, 5) is 73.1. The van der Waals surface area contributed by atoms with Crippen LogP contribution in [0.1, 0.15) is 72.8 Å². The Morgan fingerprint density at radius 3 is 1.46 bits per heavy atom. The molecule has 11 N–H and O–H groups in total. The number of alkyl halides is 1. The normalized spacial score (nSPS) is 15.8. The van der Waals surface area contributed by atoms with Gasteiger partial charge in [0.25, 0.3) is 11.8 Å². The number of fused-ring (bicyclic) bond motifs is 4. The number of anilines is 2. The topological polar surface area (TPSA) is 284 Å². The minimum atomic E-state index is -1.23.